The highest BCUT2D eigenvalue weighted by Crippen LogP contribution is 2.13. The molecule has 0 aromatic heterocycles. The number of halogens is 1. The zero-order chi connectivity index (χ0) is 9.68. The zero-order valence-electron chi connectivity index (χ0n) is 7.29. The first kappa shape index (κ1) is 9.71. The smallest absolute Gasteiger partial charge is 0.242 e. The first-order valence-electron chi connectivity index (χ1n) is 4.06. The minimum atomic E-state index is -0.564. The van der Waals surface area contributed by atoms with Crippen LogP contribution in [0.3, 0.4) is 0 Å². The van der Waals surface area contributed by atoms with E-state index in [2.05, 4.69) is 0 Å². The monoisotopic (exact) mass is 181 g/mol. The Morgan fingerprint density at radius 1 is 1.46 bits per heavy atom. The predicted octanol–water partition coefficient (Wildman–Crippen LogP) is 2.09. The van der Waals surface area contributed by atoms with Crippen molar-refractivity contribution in [3.05, 3.63) is 30.1 Å². The lowest BCUT2D eigenvalue weighted by atomic mass is 10.3. The fourth-order valence-corrected chi connectivity index (χ4v) is 0.868. The van der Waals surface area contributed by atoms with E-state index < -0.39 is 6.10 Å². The van der Waals surface area contributed by atoms with Gasteiger partial charge in [0.25, 0.3) is 0 Å². The van der Waals surface area contributed by atoms with Crippen LogP contribution in [0, 0.1) is 5.82 Å². The molecule has 0 heterocycles. The summed E-state index contributed by atoms with van der Waals surface area (Å²) in [6.45, 7) is 1.82. The van der Waals surface area contributed by atoms with Gasteiger partial charge in [0.2, 0.25) is 6.29 Å². The summed E-state index contributed by atoms with van der Waals surface area (Å²) in [4.78, 5) is 10.3. The van der Waals surface area contributed by atoms with E-state index in [4.69, 9.17) is 4.74 Å². The summed E-state index contributed by atoms with van der Waals surface area (Å²) in [6, 6.07) is 5.53. The van der Waals surface area contributed by atoms with Crippen molar-refractivity contribution in [2.24, 2.45) is 0 Å². The second kappa shape index (κ2) is 4.60. The van der Waals surface area contributed by atoms with E-state index in [9.17, 15) is 9.18 Å². The number of rotatable bonds is 4. The van der Waals surface area contributed by atoms with Gasteiger partial charge in [-0.05, 0) is 30.7 Å². The molecule has 13 heavy (non-hydrogen) atoms. The fourth-order valence-electron chi connectivity index (χ4n) is 0.868. The Morgan fingerprint density at radius 3 is 2.54 bits per heavy atom. The van der Waals surface area contributed by atoms with Gasteiger partial charge < -0.3 is 4.74 Å². The van der Waals surface area contributed by atoms with Gasteiger partial charge in [-0.1, -0.05) is 6.92 Å². The summed E-state index contributed by atoms with van der Waals surface area (Å²) in [7, 11) is 0. The molecule has 1 aromatic carbocycles. The third-order valence-corrected chi connectivity index (χ3v) is 1.59. The maximum absolute atomic E-state index is 12.5. The molecule has 0 fully saturated rings. The zero-order valence-corrected chi connectivity index (χ0v) is 7.29. The lowest BCUT2D eigenvalue weighted by Gasteiger charge is -2.09. The third-order valence-electron chi connectivity index (χ3n) is 1.59. The van der Waals surface area contributed by atoms with E-state index >= 15 is 0 Å². The minimum absolute atomic E-state index is 0.324. The Bertz CT molecular complexity index is 269. The molecule has 0 aliphatic carbocycles. The van der Waals surface area contributed by atoms with E-state index in [0.717, 1.165) is 0 Å². The van der Waals surface area contributed by atoms with Crippen molar-refractivity contribution >= 4 is 6.29 Å². The quantitative estimate of drug-likeness (QED) is 0.710. The summed E-state index contributed by atoms with van der Waals surface area (Å²) in [5, 5.41) is 0. The van der Waals surface area contributed by atoms with Crippen molar-refractivity contribution in [1.29, 1.82) is 0 Å². The van der Waals surface area contributed by atoms with Crippen molar-refractivity contribution < 1.29 is 13.9 Å². The van der Waals surface area contributed by atoms with Crippen LogP contribution in [0.15, 0.2) is 24.3 Å². The van der Waals surface area contributed by atoms with Crippen molar-refractivity contribution in [3.63, 3.8) is 0 Å². The summed E-state index contributed by atoms with van der Waals surface area (Å²) in [6.07, 6.45) is 1.74. The van der Waals surface area contributed by atoms with Gasteiger partial charge in [-0.15, -0.1) is 0 Å². The topological polar surface area (TPSA) is 26.3 Å². The average molecular weight is 181 g/mol. The molecule has 2 nitrogen and oxygen atoms in total. The number of hydrogen-bond donors (Lipinski definition) is 0. The summed E-state index contributed by atoms with van der Waals surface area (Å²) in [5.74, 6) is 0.159. The van der Waals surface area contributed by atoms with Gasteiger partial charge in [-0.25, -0.2) is 4.39 Å². The molecule has 1 radical (unpaired) electrons. The molecule has 0 saturated carbocycles. The molecule has 0 saturated heterocycles. The van der Waals surface area contributed by atoms with E-state index in [-0.39, 0.29) is 5.82 Å². The first-order valence-corrected chi connectivity index (χ1v) is 4.06. The van der Waals surface area contributed by atoms with Gasteiger partial charge in [0, 0.05) is 0 Å². The highest BCUT2D eigenvalue weighted by atomic mass is 19.1. The maximum Gasteiger partial charge on any atom is 0.242 e. The van der Waals surface area contributed by atoms with Crippen LogP contribution in [0.4, 0.5) is 4.39 Å². The molecule has 0 amide bonds. The average Bonchev–Trinajstić information content (AvgIpc) is 2.17. The standard InChI is InChI=1S/C10H10FO2/c1-2-9(7-12)13-10-5-3-8(11)4-6-10/h3-6,9H,2H2,1H3. The highest BCUT2D eigenvalue weighted by Gasteiger charge is 2.06. The Labute approximate surface area is 76.3 Å². The van der Waals surface area contributed by atoms with E-state index in [0.29, 0.717) is 12.2 Å². The maximum atomic E-state index is 12.5. The van der Waals surface area contributed by atoms with Crippen LogP contribution in [0.2, 0.25) is 0 Å². The molecule has 1 unspecified atom stereocenters. The molecule has 1 atom stereocenters. The molecule has 0 aliphatic heterocycles. The van der Waals surface area contributed by atoms with Crippen LogP contribution in [-0.4, -0.2) is 12.4 Å². The van der Waals surface area contributed by atoms with Crippen molar-refractivity contribution in [3.8, 4) is 5.75 Å². The van der Waals surface area contributed by atoms with Crippen molar-refractivity contribution in [2.75, 3.05) is 0 Å². The lowest BCUT2D eigenvalue weighted by Crippen LogP contribution is -2.16. The van der Waals surface area contributed by atoms with Crippen molar-refractivity contribution in [2.45, 2.75) is 19.4 Å². The fraction of sp³-hybridized carbons (Fsp3) is 0.300. The molecule has 3 heteroatoms. The van der Waals surface area contributed by atoms with E-state index in [1.54, 1.807) is 6.29 Å². The first-order chi connectivity index (χ1) is 6.26. The second-order valence-electron chi connectivity index (χ2n) is 2.59. The molecule has 1 rings (SSSR count). The Morgan fingerprint density at radius 2 is 2.08 bits per heavy atom. The van der Waals surface area contributed by atoms with Gasteiger partial charge in [-0.3, -0.25) is 4.79 Å². The Balaban J connectivity index is 2.63. The van der Waals surface area contributed by atoms with Gasteiger partial charge in [0.1, 0.15) is 11.6 Å². The van der Waals surface area contributed by atoms with Crippen molar-refractivity contribution in [1.82, 2.24) is 0 Å². The molecule has 69 valence electrons. The number of ether oxygens (including phenoxy) is 1. The molecule has 0 aliphatic rings. The Kier molecular flexibility index (Phi) is 3.43. The third kappa shape index (κ3) is 2.86. The van der Waals surface area contributed by atoms with Gasteiger partial charge in [0.15, 0.2) is 6.10 Å². The number of hydrogen-bond acceptors (Lipinski definition) is 2. The van der Waals surface area contributed by atoms with E-state index in [1.807, 2.05) is 6.92 Å². The molecule has 0 bridgehead atoms. The van der Waals surface area contributed by atoms with Crippen LogP contribution in [-0.2, 0) is 4.79 Å². The van der Waals surface area contributed by atoms with Crippen LogP contribution in [0.1, 0.15) is 13.3 Å². The summed E-state index contributed by atoms with van der Waals surface area (Å²) in [5.41, 5.74) is 0. The molecule has 0 spiro atoms. The van der Waals surface area contributed by atoms with Crippen LogP contribution < -0.4 is 4.74 Å². The largest absolute Gasteiger partial charge is 0.482 e. The molecule has 0 N–H and O–H groups in total. The van der Waals surface area contributed by atoms with Gasteiger partial charge >= 0.3 is 0 Å². The lowest BCUT2D eigenvalue weighted by molar-refractivity contribution is 0.255. The SMILES string of the molecule is CCC([C]=O)Oc1ccc(F)cc1. The Hall–Kier alpha value is -1.38. The summed E-state index contributed by atoms with van der Waals surface area (Å²) >= 11 is 0. The molecular formula is C10H10FO2. The number of carbonyl (C=O) groups excluding carboxylic acids is 1. The predicted molar refractivity (Wildman–Crippen MR) is 46.8 cm³/mol. The van der Waals surface area contributed by atoms with E-state index in [1.165, 1.54) is 24.3 Å². The van der Waals surface area contributed by atoms with Gasteiger partial charge in [-0.2, -0.15) is 0 Å². The minimum Gasteiger partial charge on any atom is -0.482 e. The second-order valence-corrected chi connectivity index (χ2v) is 2.59. The number of benzene rings is 1. The molecular weight excluding hydrogens is 171 g/mol. The van der Waals surface area contributed by atoms with Gasteiger partial charge in [0.05, 0.1) is 0 Å². The van der Waals surface area contributed by atoms with Crippen LogP contribution >= 0.6 is 0 Å². The van der Waals surface area contributed by atoms with Crippen LogP contribution in [0.25, 0.3) is 0 Å². The normalized spacial score (nSPS) is 12.2. The van der Waals surface area contributed by atoms with Crippen LogP contribution in [0.5, 0.6) is 5.75 Å². The highest BCUT2D eigenvalue weighted by molar-refractivity contribution is 5.57. The summed E-state index contributed by atoms with van der Waals surface area (Å²) < 4.78 is 17.6. The molecule has 1 aromatic rings.